The highest BCUT2D eigenvalue weighted by atomic mass is 35.5. The Balaban J connectivity index is 0.00000169. The SMILES string of the molecule is Cl.O=C(c1cccc(N2CCCS2(=O)=O)c1)N1C[C@H]2CNC[C@H]2C1. The summed E-state index contributed by atoms with van der Waals surface area (Å²) >= 11 is 0. The van der Waals surface area contributed by atoms with Gasteiger partial charge in [0.15, 0.2) is 0 Å². The van der Waals surface area contributed by atoms with Crippen LogP contribution in [0.3, 0.4) is 0 Å². The molecule has 3 aliphatic heterocycles. The highest BCUT2D eigenvalue weighted by Gasteiger charge is 2.38. The fourth-order valence-corrected chi connectivity index (χ4v) is 5.48. The molecule has 1 aromatic rings. The molecule has 0 saturated carbocycles. The van der Waals surface area contributed by atoms with E-state index in [0.717, 1.165) is 26.2 Å². The van der Waals surface area contributed by atoms with Crippen LogP contribution in [0.2, 0.25) is 0 Å². The van der Waals surface area contributed by atoms with Gasteiger partial charge in [-0.3, -0.25) is 9.10 Å². The van der Waals surface area contributed by atoms with E-state index < -0.39 is 10.0 Å². The first-order valence-electron chi connectivity index (χ1n) is 8.15. The molecule has 0 bridgehead atoms. The molecule has 4 rings (SSSR count). The van der Waals surface area contributed by atoms with Crippen LogP contribution in [0, 0.1) is 11.8 Å². The number of sulfonamides is 1. The van der Waals surface area contributed by atoms with Crippen LogP contribution in [0.25, 0.3) is 0 Å². The van der Waals surface area contributed by atoms with Gasteiger partial charge >= 0.3 is 0 Å². The first kappa shape index (κ1) is 17.5. The van der Waals surface area contributed by atoms with Gasteiger partial charge in [0.05, 0.1) is 11.4 Å². The van der Waals surface area contributed by atoms with Crippen molar-refractivity contribution in [2.24, 2.45) is 11.8 Å². The highest BCUT2D eigenvalue weighted by molar-refractivity contribution is 7.93. The zero-order valence-electron chi connectivity index (χ0n) is 13.3. The second-order valence-electron chi connectivity index (χ2n) is 6.68. The van der Waals surface area contributed by atoms with Gasteiger partial charge < -0.3 is 10.2 Å². The Kier molecular flexibility index (Phi) is 4.77. The molecule has 0 spiro atoms. The number of fused-ring (bicyclic) bond motifs is 1. The number of hydrogen-bond donors (Lipinski definition) is 1. The molecule has 1 aromatic carbocycles. The molecule has 1 amide bonds. The maximum absolute atomic E-state index is 12.7. The van der Waals surface area contributed by atoms with Gasteiger partial charge in [-0.25, -0.2) is 8.42 Å². The first-order chi connectivity index (χ1) is 11.0. The van der Waals surface area contributed by atoms with Gasteiger partial charge in [0, 0.05) is 38.3 Å². The predicted octanol–water partition coefficient (Wildman–Crippen LogP) is 0.940. The van der Waals surface area contributed by atoms with Crippen LogP contribution in [0.15, 0.2) is 24.3 Å². The van der Waals surface area contributed by atoms with E-state index in [2.05, 4.69) is 5.32 Å². The predicted molar refractivity (Wildman–Crippen MR) is 95.2 cm³/mol. The average molecular weight is 372 g/mol. The van der Waals surface area contributed by atoms with Gasteiger partial charge in [-0.2, -0.15) is 0 Å². The number of hydrogen-bond acceptors (Lipinski definition) is 4. The minimum absolute atomic E-state index is 0. The molecule has 0 unspecified atom stereocenters. The normalized spacial score (nSPS) is 27.8. The number of likely N-dealkylation sites (tertiary alicyclic amines) is 1. The van der Waals surface area contributed by atoms with Crippen molar-refractivity contribution in [1.29, 1.82) is 0 Å². The number of rotatable bonds is 2. The molecular formula is C16H22ClN3O3S. The molecule has 2 atom stereocenters. The summed E-state index contributed by atoms with van der Waals surface area (Å²) in [6.45, 7) is 4.06. The van der Waals surface area contributed by atoms with Crippen molar-refractivity contribution in [2.45, 2.75) is 6.42 Å². The van der Waals surface area contributed by atoms with E-state index in [1.807, 2.05) is 4.90 Å². The summed E-state index contributed by atoms with van der Waals surface area (Å²) in [5.41, 5.74) is 1.19. The summed E-state index contributed by atoms with van der Waals surface area (Å²) < 4.78 is 25.5. The van der Waals surface area contributed by atoms with Gasteiger partial charge in [-0.05, 0) is 36.5 Å². The Bertz CT molecular complexity index is 728. The van der Waals surface area contributed by atoms with Crippen molar-refractivity contribution in [2.75, 3.05) is 42.8 Å². The molecule has 0 radical (unpaired) electrons. The van der Waals surface area contributed by atoms with Crippen molar-refractivity contribution >= 4 is 34.0 Å². The lowest BCUT2D eigenvalue weighted by atomic mass is 10.0. The fourth-order valence-electron chi connectivity index (χ4n) is 3.93. The molecule has 24 heavy (non-hydrogen) atoms. The molecule has 8 heteroatoms. The fraction of sp³-hybridized carbons (Fsp3) is 0.562. The maximum atomic E-state index is 12.7. The molecule has 1 N–H and O–H groups in total. The number of anilines is 1. The number of benzene rings is 1. The lowest BCUT2D eigenvalue weighted by Gasteiger charge is -2.20. The summed E-state index contributed by atoms with van der Waals surface area (Å²) in [7, 11) is -3.21. The van der Waals surface area contributed by atoms with E-state index in [1.165, 1.54) is 4.31 Å². The Morgan fingerprint density at radius 2 is 1.88 bits per heavy atom. The summed E-state index contributed by atoms with van der Waals surface area (Å²) in [4.78, 5) is 14.7. The Morgan fingerprint density at radius 1 is 1.17 bits per heavy atom. The van der Waals surface area contributed by atoms with Gasteiger partial charge in [0.1, 0.15) is 0 Å². The van der Waals surface area contributed by atoms with Crippen molar-refractivity contribution in [3.05, 3.63) is 29.8 Å². The van der Waals surface area contributed by atoms with E-state index in [4.69, 9.17) is 0 Å². The largest absolute Gasteiger partial charge is 0.338 e. The molecule has 3 saturated heterocycles. The second kappa shape index (κ2) is 6.54. The Labute approximate surface area is 148 Å². The topological polar surface area (TPSA) is 69.7 Å². The van der Waals surface area contributed by atoms with Crippen molar-refractivity contribution in [3.8, 4) is 0 Å². The van der Waals surface area contributed by atoms with E-state index in [1.54, 1.807) is 24.3 Å². The van der Waals surface area contributed by atoms with Crippen LogP contribution < -0.4 is 9.62 Å². The van der Waals surface area contributed by atoms with E-state index in [0.29, 0.717) is 36.1 Å². The van der Waals surface area contributed by atoms with Gasteiger partial charge in [0.2, 0.25) is 10.0 Å². The van der Waals surface area contributed by atoms with Crippen molar-refractivity contribution < 1.29 is 13.2 Å². The minimum Gasteiger partial charge on any atom is -0.338 e. The van der Waals surface area contributed by atoms with Crippen molar-refractivity contribution in [3.63, 3.8) is 0 Å². The van der Waals surface area contributed by atoms with Gasteiger partial charge in [0.25, 0.3) is 5.91 Å². The molecular weight excluding hydrogens is 350 g/mol. The number of carbonyl (C=O) groups is 1. The quantitative estimate of drug-likeness (QED) is 0.840. The van der Waals surface area contributed by atoms with Crippen LogP contribution >= 0.6 is 12.4 Å². The molecule has 3 aliphatic rings. The van der Waals surface area contributed by atoms with Crippen LogP contribution in [-0.2, 0) is 10.0 Å². The van der Waals surface area contributed by atoms with Crippen LogP contribution in [-0.4, -0.2) is 57.7 Å². The smallest absolute Gasteiger partial charge is 0.253 e. The number of carbonyl (C=O) groups excluding carboxylic acids is 1. The molecule has 0 aliphatic carbocycles. The van der Waals surface area contributed by atoms with Crippen LogP contribution in [0.4, 0.5) is 5.69 Å². The van der Waals surface area contributed by atoms with Crippen LogP contribution in [0.1, 0.15) is 16.8 Å². The zero-order chi connectivity index (χ0) is 16.0. The Hall–Kier alpha value is -1.31. The third-order valence-electron chi connectivity index (χ3n) is 5.16. The number of nitrogens with one attached hydrogen (secondary N) is 1. The first-order valence-corrected chi connectivity index (χ1v) is 9.76. The molecule has 6 nitrogen and oxygen atoms in total. The number of halogens is 1. The van der Waals surface area contributed by atoms with E-state index in [9.17, 15) is 13.2 Å². The van der Waals surface area contributed by atoms with Crippen LogP contribution in [0.5, 0.6) is 0 Å². The van der Waals surface area contributed by atoms with E-state index >= 15 is 0 Å². The standard InChI is InChI=1S/C16H21N3O3S.ClH/c20-16(18-10-13-8-17-9-14(13)11-18)12-3-1-4-15(7-12)19-5-2-6-23(19,21)22;/h1,3-4,7,13-14,17H,2,5-6,8-11H2;1H/t13-,14+;. The third-order valence-corrected chi connectivity index (χ3v) is 7.03. The zero-order valence-corrected chi connectivity index (χ0v) is 15.0. The summed E-state index contributed by atoms with van der Waals surface area (Å²) in [5, 5.41) is 3.37. The molecule has 132 valence electrons. The summed E-state index contributed by atoms with van der Waals surface area (Å²) in [6.07, 6.45) is 0.642. The average Bonchev–Trinajstić information content (AvgIpc) is 3.20. The lowest BCUT2D eigenvalue weighted by Crippen LogP contribution is -2.32. The molecule has 0 aromatic heterocycles. The number of amides is 1. The van der Waals surface area contributed by atoms with Crippen molar-refractivity contribution in [1.82, 2.24) is 10.2 Å². The second-order valence-corrected chi connectivity index (χ2v) is 8.69. The Morgan fingerprint density at radius 3 is 2.50 bits per heavy atom. The maximum Gasteiger partial charge on any atom is 0.253 e. The number of nitrogens with zero attached hydrogens (tertiary/aromatic N) is 2. The summed E-state index contributed by atoms with van der Waals surface area (Å²) in [5.74, 6) is 1.31. The monoisotopic (exact) mass is 371 g/mol. The molecule has 3 fully saturated rings. The highest BCUT2D eigenvalue weighted by Crippen LogP contribution is 2.29. The molecule has 3 heterocycles. The van der Waals surface area contributed by atoms with Gasteiger partial charge in [-0.15, -0.1) is 12.4 Å². The lowest BCUT2D eigenvalue weighted by molar-refractivity contribution is 0.0781. The summed E-state index contributed by atoms with van der Waals surface area (Å²) in [6, 6.07) is 7.04. The van der Waals surface area contributed by atoms with E-state index in [-0.39, 0.29) is 24.1 Å². The minimum atomic E-state index is -3.21. The van der Waals surface area contributed by atoms with Gasteiger partial charge in [-0.1, -0.05) is 6.07 Å². The third kappa shape index (κ3) is 3.00.